The van der Waals surface area contributed by atoms with E-state index in [0.29, 0.717) is 16.5 Å². The van der Waals surface area contributed by atoms with Crippen molar-refractivity contribution in [2.75, 3.05) is 0 Å². The summed E-state index contributed by atoms with van der Waals surface area (Å²) >= 11 is 1.22. The van der Waals surface area contributed by atoms with E-state index in [1.54, 1.807) is 19.2 Å². The minimum Gasteiger partial charge on any atom is -0.384 e. The zero-order chi connectivity index (χ0) is 14.0. The molecular weight excluding hydrogens is 269 g/mol. The van der Waals surface area contributed by atoms with E-state index >= 15 is 0 Å². The van der Waals surface area contributed by atoms with Gasteiger partial charge in [0.15, 0.2) is 5.16 Å². The smallest absolute Gasteiger partial charge is 0.343 e. The van der Waals surface area contributed by atoms with Crippen LogP contribution in [0.5, 0.6) is 0 Å². The molecule has 4 N–H and O–H groups in total. The maximum absolute atomic E-state index is 14.0. The van der Waals surface area contributed by atoms with Gasteiger partial charge in [0.1, 0.15) is 11.7 Å². The summed E-state index contributed by atoms with van der Waals surface area (Å²) in [5.74, 6) is -0.523. The molecule has 1 aromatic heterocycles. The lowest BCUT2D eigenvalue weighted by atomic mass is 10.1. The van der Waals surface area contributed by atoms with Crippen molar-refractivity contribution in [2.45, 2.75) is 10.9 Å². The highest BCUT2D eigenvalue weighted by molar-refractivity contribution is 7.98. The summed E-state index contributed by atoms with van der Waals surface area (Å²) in [7, 11) is 1.58. The maximum Gasteiger partial charge on any atom is 0.343 e. The highest BCUT2D eigenvalue weighted by Crippen LogP contribution is 2.22. The fourth-order valence-corrected chi connectivity index (χ4v) is 2.40. The van der Waals surface area contributed by atoms with Crippen molar-refractivity contribution in [1.29, 1.82) is 5.41 Å². The van der Waals surface area contributed by atoms with Crippen LogP contribution in [0.2, 0.25) is 0 Å². The number of amidine groups is 1. The molecule has 100 valence electrons. The molecule has 0 saturated carbocycles. The largest absolute Gasteiger partial charge is 0.384 e. The van der Waals surface area contributed by atoms with Crippen LogP contribution in [0.3, 0.4) is 0 Å². The van der Waals surface area contributed by atoms with Gasteiger partial charge in [-0.15, -0.1) is 5.10 Å². The summed E-state index contributed by atoms with van der Waals surface area (Å²) in [6, 6.07) is 4.70. The Balaban J connectivity index is 2.21. The summed E-state index contributed by atoms with van der Waals surface area (Å²) in [6.07, 6.45) is 0. The van der Waals surface area contributed by atoms with Crippen molar-refractivity contribution < 1.29 is 4.39 Å². The van der Waals surface area contributed by atoms with Gasteiger partial charge >= 0.3 is 5.69 Å². The van der Waals surface area contributed by atoms with Crippen LogP contribution in [0.1, 0.15) is 11.1 Å². The summed E-state index contributed by atoms with van der Waals surface area (Å²) < 4.78 is 15.3. The summed E-state index contributed by atoms with van der Waals surface area (Å²) in [5, 5.41) is 13.9. The molecule has 19 heavy (non-hydrogen) atoms. The number of benzene rings is 1. The summed E-state index contributed by atoms with van der Waals surface area (Å²) in [6.45, 7) is 0. The second-order valence-corrected chi connectivity index (χ2v) is 4.79. The van der Waals surface area contributed by atoms with Gasteiger partial charge in [0.05, 0.1) is 5.56 Å². The van der Waals surface area contributed by atoms with Gasteiger partial charge < -0.3 is 5.73 Å². The van der Waals surface area contributed by atoms with Crippen molar-refractivity contribution >= 4 is 17.6 Å². The van der Waals surface area contributed by atoms with E-state index in [1.807, 2.05) is 0 Å². The minimum atomic E-state index is -0.511. The molecule has 1 heterocycles. The predicted octanol–water partition coefficient (Wildman–Crippen LogP) is 0.824. The molecule has 0 saturated heterocycles. The highest BCUT2D eigenvalue weighted by Gasteiger charge is 2.12. The lowest BCUT2D eigenvalue weighted by Gasteiger charge is -2.06. The number of rotatable bonds is 4. The van der Waals surface area contributed by atoms with Crippen molar-refractivity contribution in [2.24, 2.45) is 12.8 Å². The number of hydrogen-bond acceptors (Lipinski definition) is 4. The molecule has 0 atom stereocenters. The Morgan fingerprint density at radius 3 is 2.95 bits per heavy atom. The number of nitrogens with zero attached hydrogens (tertiary/aromatic N) is 2. The fourth-order valence-electron chi connectivity index (χ4n) is 1.50. The van der Waals surface area contributed by atoms with Gasteiger partial charge in [-0.2, -0.15) is 0 Å². The van der Waals surface area contributed by atoms with E-state index in [-0.39, 0.29) is 17.1 Å². The number of nitrogen functional groups attached to an aromatic ring is 1. The normalized spacial score (nSPS) is 10.6. The SMILES string of the molecule is Cn1c(SCc2cccc(C(=N)N)c2F)n[nH]c1=O. The first kappa shape index (κ1) is 13.3. The third-order valence-electron chi connectivity index (χ3n) is 2.56. The van der Waals surface area contributed by atoms with Gasteiger partial charge in [-0.1, -0.05) is 23.9 Å². The number of aromatic amines is 1. The lowest BCUT2D eigenvalue weighted by Crippen LogP contribution is -2.14. The quantitative estimate of drug-likeness (QED) is 0.439. The van der Waals surface area contributed by atoms with Gasteiger partial charge in [-0.05, 0) is 11.6 Å². The Bertz CT molecular complexity index is 678. The molecule has 1 aromatic carbocycles. The monoisotopic (exact) mass is 281 g/mol. The van der Waals surface area contributed by atoms with Crippen LogP contribution in [0.4, 0.5) is 4.39 Å². The van der Waals surface area contributed by atoms with Gasteiger partial charge in [0.2, 0.25) is 0 Å². The minimum absolute atomic E-state index is 0.0778. The Labute approximate surface area is 112 Å². The average Bonchev–Trinajstić information content (AvgIpc) is 2.68. The molecule has 0 bridgehead atoms. The summed E-state index contributed by atoms with van der Waals surface area (Å²) in [4.78, 5) is 11.2. The zero-order valence-corrected chi connectivity index (χ0v) is 10.9. The van der Waals surface area contributed by atoms with Crippen LogP contribution in [0.25, 0.3) is 0 Å². The molecule has 0 aliphatic heterocycles. The number of aromatic nitrogens is 3. The van der Waals surface area contributed by atoms with Crippen LogP contribution in [0, 0.1) is 11.2 Å². The average molecular weight is 281 g/mol. The Morgan fingerprint density at radius 1 is 1.63 bits per heavy atom. The molecule has 0 amide bonds. The molecule has 0 aliphatic carbocycles. The van der Waals surface area contributed by atoms with Crippen LogP contribution in [-0.2, 0) is 12.8 Å². The third kappa shape index (κ3) is 2.68. The number of halogens is 1. The van der Waals surface area contributed by atoms with Crippen molar-refractivity contribution in [3.63, 3.8) is 0 Å². The molecule has 2 aromatic rings. The molecule has 0 fully saturated rings. The standard InChI is InChI=1S/C11H12FN5OS/c1-17-10(18)15-16-11(17)19-5-6-3-2-4-7(8(6)12)9(13)14/h2-4H,5H2,1H3,(H3,13,14)(H,15,18). The van der Waals surface area contributed by atoms with Crippen molar-refractivity contribution in [1.82, 2.24) is 14.8 Å². The highest BCUT2D eigenvalue weighted by atomic mass is 32.2. The molecule has 6 nitrogen and oxygen atoms in total. The number of hydrogen-bond donors (Lipinski definition) is 3. The second-order valence-electron chi connectivity index (χ2n) is 3.85. The zero-order valence-electron chi connectivity index (χ0n) is 10.1. The lowest BCUT2D eigenvalue weighted by molar-refractivity contribution is 0.614. The molecule has 8 heteroatoms. The van der Waals surface area contributed by atoms with E-state index in [4.69, 9.17) is 11.1 Å². The van der Waals surface area contributed by atoms with Crippen molar-refractivity contribution in [3.05, 3.63) is 45.6 Å². The third-order valence-corrected chi connectivity index (χ3v) is 3.64. The van der Waals surface area contributed by atoms with E-state index < -0.39 is 5.82 Å². The van der Waals surface area contributed by atoms with Crippen LogP contribution in [0.15, 0.2) is 28.2 Å². The Kier molecular flexibility index (Phi) is 3.70. The Hall–Kier alpha value is -2.09. The summed E-state index contributed by atoms with van der Waals surface area (Å²) in [5.41, 5.74) is 5.46. The van der Waals surface area contributed by atoms with Crippen LogP contribution in [-0.4, -0.2) is 20.6 Å². The fraction of sp³-hybridized carbons (Fsp3) is 0.182. The van der Waals surface area contributed by atoms with Gasteiger partial charge in [0.25, 0.3) is 0 Å². The van der Waals surface area contributed by atoms with E-state index in [9.17, 15) is 9.18 Å². The molecule has 2 rings (SSSR count). The molecular formula is C11H12FN5OS. The van der Waals surface area contributed by atoms with Gasteiger partial charge in [-0.25, -0.2) is 14.3 Å². The van der Waals surface area contributed by atoms with Gasteiger partial charge in [-0.3, -0.25) is 9.98 Å². The molecule has 0 spiro atoms. The van der Waals surface area contributed by atoms with Crippen LogP contribution < -0.4 is 11.4 Å². The van der Waals surface area contributed by atoms with E-state index in [1.165, 1.54) is 22.4 Å². The first-order valence-electron chi connectivity index (χ1n) is 5.36. The van der Waals surface area contributed by atoms with Crippen LogP contribution >= 0.6 is 11.8 Å². The topological polar surface area (TPSA) is 101 Å². The number of H-pyrrole nitrogens is 1. The molecule has 0 unspecified atom stereocenters. The number of nitrogens with one attached hydrogen (secondary N) is 2. The van der Waals surface area contributed by atoms with E-state index in [2.05, 4.69) is 10.2 Å². The number of nitrogens with two attached hydrogens (primary N) is 1. The Morgan fingerprint density at radius 2 is 2.37 bits per heavy atom. The molecule has 0 radical (unpaired) electrons. The van der Waals surface area contributed by atoms with Crippen molar-refractivity contribution in [3.8, 4) is 0 Å². The maximum atomic E-state index is 14.0. The second kappa shape index (κ2) is 5.27. The van der Waals surface area contributed by atoms with Gasteiger partial charge in [0, 0.05) is 12.8 Å². The molecule has 0 aliphatic rings. The van der Waals surface area contributed by atoms with E-state index in [0.717, 1.165) is 0 Å². The predicted molar refractivity (Wildman–Crippen MR) is 70.8 cm³/mol. The first-order chi connectivity index (χ1) is 9.00. The number of thioether (sulfide) groups is 1. The first-order valence-corrected chi connectivity index (χ1v) is 6.35.